The van der Waals surface area contributed by atoms with Gasteiger partial charge in [0.25, 0.3) is 0 Å². The number of nitrogens with one attached hydrogen (secondary N) is 1. The minimum Gasteiger partial charge on any atom is -0.354 e. The molecule has 1 amide bonds. The summed E-state index contributed by atoms with van der Waals surface area (Å²) in [6.07, 6.45) is 0. The SMILES string of the molecule is CCN(CC)CCNC(=O)CSc1nnc(-c2ccccc2)n1-c1ccccc1. The van der Waals surface area contributed by atoms with Crippen molar-refractivity contribution in [2.24, 2.45) is 0 Å². The average Bonchev–Trinajstić information content (AvgIpc) is 3.20. The molecule has 0 saturated carbocycles. The third kappa shape index (κ3) is 5.68. The minimum atomic E-state index is 0.00558. The van der Waals surface area contributed by atoms with E-state index in [1.54, 1.807) is 0 Å². The summed E-state index contributed by atoms with van der Waals surface area (Å²) in [6.45, 7) is 7.75. The van der Waals surface area contributed by atoms with Gasteiger partial charge in [-0.1, -0.05) is 74.1 Å². The Morgan fingerprint density at radius 1 is 1.00 bits per heavy atom. The predicted molar refractivity (Wildman–Crippen MR) is 118 cm³/mol. The molecule has 2 aromatic carbocycles. The van der Waals surface area contributed by atoms with Crippen molar-refractivity contribution >= 4 is 17.7 Å². The summed E-state index contributed by atoms with van der Waals surface area (Å²) in [5.74, 6) is 1.07. The highest BCUT2D eigenvalue weighted by molar-refractivity contribution is 7.99. The van der Waals surface area contributed by atoms with E-state index in [1.165, 1.54) is 11.8 Å². The first-order chi connectivity index (χ1) is 14.2. The van der Waals surface area contributed by atoms with Crippen LogP contribution in [0, 0.1) is 0 Å². The van der Waals surface area contributed by atoms with Gasteiger partial charge in [0.15, 0.2) is 11.0 Å². The molecule has 0 fully saturated rings. The van der Waals surface area contributed by atoms with Gasteiger partial charge in [-0.2, -0.15) is 0 Å². The Kier molecular flexibility index (Phi) is 7.84. The summed E-state index contributed by atoms with van der Waals surface area (Å²) >= 11 is 1.40. The number of hydrogen-bond acceptors (Lipinski definition) is 5. The summed E-state index contributed by atoms with van der Waals surface area (Å²) in [5.41, 5.74) is 1.96. The Morgan fingerprint density at radius 2 is 1.66 bits per heavy atom. The zero-order valence-corrected chi connectivity index (χ0v) is 17.7. The largest absolute Gasteiger partial charge is 0.354 e. The number of carbonyl (C=O) groups is 1. The maximum absolute atomic E-state index is 12.3. The molecule has 0 radical (unpaired) electrons. The second kappa shape index (κ2) is 10.8. The van der Waals surface area contributed by atoms with Crippen LogP contribution in [0.15, 0.2) is 65.8 Å². The molecule has 0 spiro atoms. The molecule has 29 heavy (non-hydrogen) atoms. The molecule has 7 heteroatoms. The third-order valence-corrected chi connectivity index (χ3v) is 5.59. The molecular formula is C22H27N5OS. The fourth-order valence-electron chi connectivity index (χ4n) is 3.02. The number of hydrogen-bond donors (Lipinski definition) is 1. The zero-order valence-electron chi connectivity index (χ0n) is 16.9. The van der Waals surface area contributed by atoms with Gasteiger partial charge >= 0.3 is 0 Å². The molecular weight excluding hydrogens is 382 g/mol. The number of thioether (sulfide) groups is 1. The van der Waals surface area contributed by atoms with Crippen LogP contribution in [0.2, 0.25) is 0 Å². The molecule has 3 rings (SSSR count). The maximum atomic E-state index is 12.3. The minimum absolute atomic E-state index is 0.00558. The fourth-order valence-corrected chi connectivity index (χ4v) is 3.80. The average molecular weight is 410 g/mol. The van der Waals surface area contributed by atoms with Gasteiger partial charge in [0, 0.05) is 24.3 Å². The Bertz CT molecular complexity index is 894. The summed E-state index contributed by atoms with van der Waals surface area (Å²) in [4.78, 5) is 14.6. The molecule has 0 aliphatic rings. The van der Waals surface area contributed by atoms with E-state index in [1.807, 2.05) is 65.2 Å². The summed E-state index contributed by atoms with van der Waals surface area (Å²) < 4.78 is 2.00. The van der Waals surface area contributed by atoms with Crippen LogP contribution in [0.1, 0.15) is 13.8 Å². The molecule has 0 aliphatic carbocycles. The van der Waals surface area contributed by atoms with Crippen molar-refractivity contribution in [2.45, 2.75) is 19.0 Å². The van der Waals surface area contributed by atoms with E-state index in [0.29, 0.717) is 17.5 Å². The summed E-state index contributed by atoms with van der Waals surface area (Å²) in [5, 5.41) is 12.5. The maximum Gasteiger partial charge on any atom is 0.230 e. The molecule has 1 aromatic heterocycles. The van der Waals surface area contributed by atoms with Gasteiger partial charge < -0.3 is 10.2 Å². The Hall–Kier alpha value is -2.64. The lowest BCUT2D eigenvalue weighted by Crippen LogP contribution is -2.35. The van der Waals surface area contributed by atoms with Crippen LogP contribution < -0.4 is 5.32 Å². The van der Waals surface area contributed by atoms with Crippen molar-refractivity contribution in [3.63, 3.8) is 0 Å². The summed E-state index contributed by atoms with van der Waals surface area (Å²) in [7, 11) is 0. The van der Waals surface area contributed by atoms with Gasteiger partial charge in [-0.3, -0.25) is 9.36 Å². The van der Waals surface area contributed by atoms with E-state index in [4.69, 9.17) is 0 Å². The molecule has 0 bridgehead atoms. The molecule has 1 heterocycles. The number of likely N-dealkylation sites (N-methyl/N-ethyl adjacent to an activating group) is 1. The van der Waals surface area contributed by atoms with Crippen LogP contribution in [0.3, 0.4) is 0 Å². The molecule has 152 valence electrons. The Labute approximate surface area is 176 Å². The third-order valence-electron chi connectivity index (χ3n) is 4.66. The quantitative estimate of drug-likeness (QED) is 0.520. The number of nitrogens with zero attached hydrogens (tertiary/aromatic N) is 4. The summed E-state index contributed by atoms with van der Waals surface area (Å²) in [6, 6.07) is 19.9. The van der Waals surface area contributed by atoms with Crippen molar-refractivity contribution in [3.8, 4) is 17.1 Å². The van der Waals surface area contributed by atoms with Gasteiger partial charge in [0.2, 0.25) is 5.91 Å². The molecule has 6 nitrogen and oxygen atoms in total. The molecule has 1 N–H and O–H groups in total. The number of para-hydroxylation sites is 1. The van der Waals surface area contributed by atoms with Crippen molar-refractivity contribution in [2.75, 3.05) is 31.9 Å². The van der Waals surface area contributed by atoms with Crippen LogP contribution in [-0.4, -0.2) is 57.5 Å². The second-order valence-corrected chi connectivity index (χ2v) is 7.45. The first kappa shape index (κ1) is 21.1. The lowest BCUT2D eigenvalue weighted by atomic mass is 10.2. The normalized spacial score (nSPS) is 11.0. The lowest BCUT2D eigenvalue weighted by Gasteiger charge is -2.17. The molecule has 0 atom stereocenters. The van der Waals surface area contributed by atoms with Gasteiger partial charge in [0.1, 0.15) is 0 Å². The topological polar surface area (TPSA) is 63.1 Å². The molecule has 0 saturated heterocycles. The van der Waals surface area contributed by atoms with Gasteiger partial charge in [-0.15, -0.1) is 10.2 Å². The van der Waals surface area contributed by atoms with Crippen molar-refractivity contribution < 1.29 is 4.79 Å². The highest BCUT2D eigenvalue weighted by atomic mass is 32.2. The Balaban J connectivity index is 1.71. The van der Waals surface area contributed by atoms with E-state index < -0.39 is 0 Å². The van der Waals surface area contributed by atoms with Crippen LogP contribution in [0.5, 0.6) is 0 Å². The number of amides is 1. The van der Waals surface area contributed by atoms with Crippen LogP contribution in [-0.2, 0) is 4.79 Å². The smallest absolute Gasteiger partial charge is 0.230 e. The van der Waals surface area contributed by atoms with Gasteiger partial charge in [0.05, 0.1) is 5.75 Å². The van der Waals surface area contributed by atoms with Crippen LogP contribution >= 0.6 is 11.8 Å². The number of carbonyl (C=O) groups excluding carboxylic acids is 1. The van der Waals surface area contributed by atoms with E-state index >= 15 is 0 Å². The first-order valence-corrected chi connectivity index (χ1v) is 10.9. The fraction of sp³-hybridized carbons (Fsp3) is 0.318. The van der Waals surface area contributed by atoms with Gasteiger partial charge in [-0.05, 0) is 25.2 Å². The number of benzene rings is 2. The zero-order chi connectivity index (χ0) is 20.5. The van der Waals surface area contributed by atoms with E-state index in [9.17, 15) is 4.79 Å². The highest BCUT2D eigenvalue weighted by Crippen LogP contribution is 2.27. The van der Waals surface area contributed by atoms with E-state index in [0.717, 1.165) is 36.7 Å². The van der Waals surface area contributed by atoms with Crippen LogP contribution in [0.4, 0.5) is 0 Å². The standard InChI is InChI=1S/C22H27N5OS/c1-3-26(4-2)16-15-23-20(28)17-29-22-25-24-21(18-11-7-5-8-12-18)27(22)19-13-9-6-10-14-19/h5-14H,3-4,15-17H2,1-2H3,(H,23,28). The predicted octanol–water partition coefficient (Wildman–Crippen LogP) is 3.48. The number of rotatable bonds is 10. The first-order valence-electron chi connectivity index (χ1n) is 9.91. The second-order valence-electron chi connectivity index (χ2n) is 6.51. The van der Waals surface area contributed by atoms with Gasteiger partial charge in [-0.25, -0.2) is 0 Å². The van der Waals surface area contributed by atoms with E-state index in [2.05, 4.69) is 34.3 Å². The molecule has 3 aromatic rings. The molecule has 0 unspecified atom stereocenters. The van der Waals surface area contributed by atoms with E-state index in [-0.39, 0.29) is 5.91 Å². The van der Waals surface area contributed by atoms with Crippen molar-refractivity contribution in [1.82, 2.24) is 25.0 Å². The lowest BCUT2D eigenvalue weighted by molar-refractivity contribution is -0.118. The van der Waals surface area contributed by atoms with Crippen LogP contribution in [0.25, 0.3) is 17.1 Å². The van der Waals surface area contributed by atoms with Crippen molar-refractivity contribution in [3.05, 3.63) is 60.7 Å². The number of aromatic nitrogens is 3. The van der Waals surface area contributed by atoms with Crippen molar-refractivity contribution in [1.29, 1.82) is 0 Å². The highest BCUT2D eigenvalue weighted by Gasteiger charge is 2.17. The Morgan fingerprint density at radius 3 is 2.31 bits per heavy atom. The molecule has 0 aliphatic heterocycles. The monoisotopic (exact) mass is 409 g/mol.